The standard InChI is InChI=1S/C13H13F3O4/c1-2-19-12(18)8-10(17)7-9-5-3-4-6-11(9)20-13(14,15)16/h3-6H,2,7-8H2,1H3. The summed E-state index contributed by atoms with van der Waals surface area (Å²) in [5, 5.41) is 0. The van der Waals surface area contributed by atoms with Crippen molar-refractivity contribution in [1.29, 1.82) is 0 Å². The molecule has 0 aromatic heterocycles. The zero-order chi connectivity index (χ0) is 15.2. The lowest BCUT2D eigenvalue weighted by atomic mass is 10.1. The summed E-state index contributed by atoms with van der Waals surface area (Å²) in [6.45, 7) is 1.73. The Balaban J connectivity index is 2.72. The molecular formula is C13H13F3O4. The van der Waals surface area contributed by atoms with E-state index in [1.54, 1.807) is 6.92 Å². The minimum absolute atomic E-state index is 0.0686. The van der Waals surface area contributed by atoms with Gasteiger partial charge in [-0.05, 0) is 13.0 Å². The van der Waals surface area contributed by atoms with Crippen molar-refractivity contribution >= 4 is 11.8 Å². The number of hydrogen-bond donors (Lipinski definition) is 0. The van der Waals surface area contributed by atoms with E-state index in [-0.39, 0.29) is 18.6 Å². The molecule has 0 aliphatic rings. The number of para-hydroxylation sites is 1. The highest BCUT2D eigenvalue weighted by atomic mass is 19.4. The van der Waals surface area contributed by atoms with Crippen molar-refractivity contribution in [2.75, 3.05) is 6.61 Å². The van der Waals surface area contributed by atoms with Crippen molar-refractivity contribution in [2.45, 2.75) is 26.1 Å². The zero-order valence-corrected chi connectivity index (χ0v) is 10.7. The van der Waals surface area contributed by atoms with Crippen LogP contribution in [-0.4, -0.2) is 24.7 Å². The van der Waals surface area contributed by atoms with Gasteiger partial charge in [0.2, 0.25) is 0 Å². The van der Waals surface area contributed by atoms with Crippen LogP contribution >= 0.6 is 0 Å². The highest BCUT2D eigenvalue weighted by molar-refractivity contribution is 5.96. The third kappa shape index (κ3) is 5.73. The molecule has 110 valence electrons. The molecule has 4 nitrogen and oxygen atoms in total. The van der Waals surface area contributed by atoms with E-state index < -0.39 is 30.3 Å². The van der Waals surface area contributed by atoms with Crippen LogP contribution in [0.3, 0.4) is 0 Å². The second-order valence-electron chi connectivity index (χ2n) is 3.85. The van der Waals surface area contributed by atoms with E-state index in [1.165, 1.54) is 18.2 Å². The first kappa shape index (κ1) is 16.0. The molecule has 0 bridgehead atoms. The van der Waals surface area contributed by atoms with Crippen LogP contribution in [-0.2, 0) is 20.7 Å². The quantitative estimate of drug-likeness (QED) is 0.597. The van der Waals surface area contributed by atoms with Crippen LogP contribution in [0.25, 0.3) is 0 Å². The molecule has 20 heavy (non-hydrogen) atoms. The third-order valence-electron chi connectivity index (χ3n) is 2.23. The van der Waals surface area contributed by atoms with Crippen molar-refractivity contribution in [1.82, 2.24) is 0 Å². The Morgan fingerprint density at radius 1 is 1.20 bits per heavy atom. The van der Waals surface area contributed by atoms with Gasteiger partial charge in [-0.2, -0.15) is 0 Å². The minimum Gasteiger partial charge on any atom is -0.466 e. The van der Waals surface area contributed by atoms with E-state index in [4.69, 9.17) is 0 Å². The van der Waals surface area contributed by atoms with Crippen LogP contribution in [0.15, 0.2) is 24.3 Å². The maximum Gasteiger partial charge on any atom is 0.573 e. The molecule has 1 aromatic carbocycles. The number of carbonyl (C=O) groups is 2. The number of ketones is 1. The van der Waals surface area contributed by atoms with Gasteiger partial charge in [-0.3, -0.25) is 9.59 Å². The number of hydrogen-bond acceptors (Lipinski definition) is 4. The maximum absolute atomic E-state index is 12.2. The molecule has 0 saturated carbocycles. The molecule has 7 heteroatoms. The number of alkyl halides is 3. The molecule has 0 spiro atoms. The smallest absolute Gasteiger partial charge is 0.466 e. The molecular weight excluding hydrogens is 277 g/mol. The summed E-state index contributed by atoms with van der Waals surface area (Å²) in [5.41, 5.74) is 0.0686. The third-order valence-corrected chi connectivity index (χ3v) is 2.23. The van der Waals surface area contributed by atoms with Crippen LogP contribution < -0.4 is 4.74 Å². The Bertz CT molecular complexity index is 483. The average Bonchev–Trinajstić information content (AvgIpc) is 2.30. The predicted octanol–water partition coefficient (Wildman–Crippen LogP) is 2.65. The number of carbonyl (C=O) groups excluding carboxylic acids is 2. The molecule has 0 amide bonds. The Hall–Kier alpha value is -2.05. The number of halogens is 3. The van der Waals surface area contributed by atoms with E-state index in [0.29, 0.717) is 0 Å². The molecule has 0 saturated heterocycles. The topological polar surface area (TPSA) is 52.6 Å². The summed E-state index contributed by atoms with van der Waals surface area (Å²) in [5.74, 6) is -1.69. The number of rotatable bonds is 6. The summed E-state index contributed by atoms with van der Waals surface area (Å²) < 4.78 is 45.0. The first-order chi connectivity index (χ1) is 9.31. The van der Waals surface area contributed by atoms with Crippen LogP contribution in [0.2, 0.25) is 0 Å². The largest absolute Gasteiger partial charge is 0.573 e. The van der Waals surface area contributed by atoms with Crippen molar-refractivity contribution in [2.24, 2.45) is 0 Å². The lowest BCUT2D eigenvalue weighted by molar-refractivity contribution is -0.274. The zero-order valence-electron chi connectivity index (χ0n) is 10.7. The molecule has 0 N–H and O–H groups in total. The average molecular weight is 290 g/mol. The fourth-order valence-electron chi connectivity index (χ4n) is 1.52. The van der Waals surface area contributed by atoms with E-state index >= 15 is 0 Å². The first-order valence-corrected chi connectivity index (χ1v) is 5.82. The van der Waals surface area contributed by atoms with E-state index in [0.717, 1.165) is 6.07 Å². The highest BCUT2D eigenvalue weighted by Gasteiger charge is 2.32. The van der Waals surface area contributed by atoms with E-state index in [2.05, 4.69) is 9.47 Å². The highest BCUT2D eigenvalue weighted by Crippen LogP contribution is 2.26. The van der Waals surface area contributed by atoms with Crippen molar-refractivity contribution in [3.63, 3.8) is 0 Å². The van der Waals surface area contributed by atoms with E-state index in [1.807, 2.05) is 0 Å². The van der Waals surface area contributed by atoms with Crippen molar-refractivity contribution in [3.8, 4) is 5.75 Å². The second-order valence-corrected chi connectivity index (χ2v) is 3.85. The molecule has 1 rings (SSSR count). The van der Waals surface area contributed by atoms with Crippen molar-refractivity contribution in [3.05, 3.63) is 29.8 Å². The molecule has 0 atom stereocenters. The molecule has 0 aliphatic carbocycles. The molecule has 0 radical (unpaired) electrons. The summed E-state index contributed by atoms with van der Waals surface area (Å²) in [6, 6.07) is 5.29. The van der Waals surface area contributed by atoms with Gasteiger partial charge in [0.05, 0.1) is 6.61 Å². The SMILES string of the molecule is CCOC(=O)CC(=O)Cc1ccccc1OC(F)(F)F. The number of benzene rings is 1. The Labute approximate surface area is 113 Å². The van der Waals surface area contributed by atoms with Crippen LogP contribution in [0.5, 0.6) is 5.75 Å². The van der Waals surface area contributed by atoms with Crippen LogP contribution in [0.4, 0.5) is 13.2 Å². The Morgan fingerprint density at radius 3 is 2.45 bits per heavy atom. The summed E-state index contributed by atoms with van der Waals surface area (Å²) in [4.78, 5) is 22.7. The minimum atomic E-state index is -4.83. The molecule has 1 aromatic rings. The van der Waals surface area contributed by atoms with Gasteiger partial charge in [0.15, 0.2) is 0 Å². The fourth-order valence-corrected chi connectivity index (χ4v) is 1.52. The molecule has 0 unspecified atom stereocenters. The lowest BCUT2D eigenvalue weighted by Crippen LogP contribution is -2.19. The fraction of sp³-hybridized carbons (Fsp3) is 0.385. The van der Waals surface area contributed by atoms with Crippen LogP contribution in [0, 0.1) is 0 Å². The number of esters is 1. The van der Waals surface area contributed by atoms with Crippen molar-refractivity contribution < 1.29 is 32.2 Å². The van der Waals surface area contributed by atoms with Gasteiger partial charge < -0.3 is 9.47 Å². The summed E-state index contributed by atoms with van der Waals surface area (Å²) in [6.07, 6.45) is -5.64. The van der Waals surface area contributed by atoms with Gasteiger partial charge in [0, 0.05) is 12.0 Å². The number of ether oxygens (including phenoxy) is 2. The summed E-state index contributed by atoms with van der Waals surface area (Å²) >= 11 is 0. The predicted molar refractivity (Wildman–Crippen MR) is 63.1 cm³/mol. The Kier molecular flexibility index (Phi) is 5.54. The Morgan fingerprint density at radius 2 is 1.85 bits per heavy atom. The van der Waals surface area contributed by atoms with Gasteiger partial charge in [-0.1, -0.05) is 18.2 Å². The van der Waals surface area contributed by atoms with Crippen LogP contribution in [0.1, 0.15) is 18.9 Å². The lowest BCUT2D eigenvalue weighted by Gasteiger charge is -2.12. The van der Waals surface area contributed by atoms with Gasteiger partial charge >= 0.3 is 12.3 Å². The molecule has 0 heterocycles. The maximum atomic E-state index is 12.2. The van der Waals surface area contributed by atoms with Gasteiger partial charge in [-0.25, -0.2) is 0 Å². The van der Waals surface area contributed by atoms with Gasteiger partial charge in [-0.15, -0.1) is 13.2 Å². The number of Topliss-reactive ketones (excluding diaryl/α,β-unsaturated/α-hetero) is 1. The first-order valence-electron chi connectivity index (χ1n) is 5.82. The second kappa shape index (κ2) is 6.93. The monoisotopic (exact) mass is 290 g/mol. The molecule has 0 fully saturated rings. The van der Waals surface area contributed by atoms with Gasteiger partial charge in [0.1, 0.15) is 18.0 Å². The molecule has 0 aliphatic heterocycles. The van der Waals surface area contributed by atoms with E-state index in [9.17, 15) is 22.8 Å². The van der Waals surface area contributed by atoms with Gasteiger partial charge in [0.25, 0.3) is 0 Å². The normalized spacial score (nSPS) is 11.0. The summed E-state index contributed by atoms with van der Waals surface area (Å²) in [7, 11) is 0.